The Balaban J connectivity index is 2.43. The van der Waals surface area contributed by atoms with Crippen LogP contribution in [0.3, 0.4) is 0 Å². The van der Waals surface area contributed by atoms with Gasteiger partial charge in [-0.1, -0.05) is 26.0 Å². The molecule has 0 radical (unpaired) electrons. The van der Waals surface area contributed by atoms with Crippen molar-refractivity contribution in [3.63, 3.8) is 0 Å². The number of benzene rings is 1. The Labute approximate surface area is 120 Å². The number of aliphatic hydroxyl groups is 1. The predicted molar refractivity (Wildman–Crippen MR) is 79.0 cm³/mol. The van der Waals surface area contributed by atoms with Gasteiger partial charge in [-0.05, 0) is 12.1 Å². The second-order valence-corrected chi connectivity index (χ2v) is 7.28. The predicted octanol–water partition coefficient (Wildman–Crippen LogP) is 0.585. The highest BCUT2D eigenvalue weighted by Gasteiger charge is 2.20. The summed E-state index contributed by atoms with van der Waals surface area (Å²) in [5.74, 6) is 0.307. The summed E-state index contributed by atoms with van der Waals surface area (Å²) in [5, 5.41) is 9.07. The number of aliphatic hydroxyl groups excluding tert-OH is 1. The number of nitrogens with one attached hydrogen (secondary N) is 1. The number of rotatable bonds is 8. The van der Waals surface area contributed by atoms with Gasteiger partial charge in [0.1, 0.15) is 12.4 Å². The van der Waals surface area contributed by atoms with Crippen molar-refractivity contribution in [1.29, 1.82) is 0 Å². The van der Waals surface area contributed by atoms with Gasteiger partial charge < -0.3 is 15.6 Å². The summed E-state index contributed by atoms with van der Waals surface area (Å²) in [5.41, 5.74) is 5.67. The van der Waals surface area contributed by atoms with Gasteiger partial charge in [-0.25, -0.2) is 13.1 Å². The SMILES string of the molecule is CC(C)(CO)CNS(=O)(=O)CCOc1ccccc1N. The average Bonchev–Trinajstić information content (AvgIpc) is 2.39. The topological polar surface area (TPSA) is 102 Å². The van der Waals surface area contributed by atoms with Crippen molar-refractivity contribution in [2.45, 2.75) is 13.8 Å². The van der Waals surface area contributed by atoms with Crippen LogP contribution in [0.1, 0.15) is 13.8 Å². The van der Waals surface area contributed by atoms with Gasteiger partial charge in [-0.3, -0.25) is 0 Å². The molecule has 0 spiro atoms. The van der Waals surface area contributed by atoms with Gasteiger partial charge in [0, 0.05) is 18.6 Å². The normalized spacial score (nSPS) is 12.3. The molecule has 1 aromatic rings. The van der Waals surface area contributed by atoms with Gasteiger partial charge in [-0.15, -0.1) is 0 Å². The minimum absolute atomic E-state index is 0.0170. The van der Waals surface area contributed by atoms with E-state index in [4.69, 9.17) is 15.6 Å². The highest BCUT2D eigenvalue weighted by Crippen LogP contribution is 2.19. The lowest BCUT2D eigenvalue weighted by atomic mass is 9.96. The Morgan fingerprint density at radius 2 is 2.00 bits per heavy atom. The fourth-order valence-corrected chi connectivity index (χ4v) is 2.36. The highest BCUT2D eigenvalue weighted by atomic mass is 32.2. The fourth-order valence-electron chi connectivity index (χ4n) is 1.31. The maximum Gasteiger partial charge on any atom is 0.214 e. The first-order valence-electron chi connectivity index (χ1n) is 6.31. The Hall–Kier alpha value is -1.31. The summed E-state index contributed by atoms with van der Waals surface area (Å²) in [6, 6.07) is 6.91. The minimum atomic E-state index is -3.43. The zero-order chi connectivity index (χ0) is 15.2. The molecule has 0 aliphatic carbocycles. The number of hydrogen-bond donors (Lipinski definition) is 3. The summed E-state index contributed by atoms with van der Waals surface area (Å²) in [6.45, 7) is 3.66. The number of hydrogen-bond acceptors (Lipinski definition) is 5. The average molecular weight is 302 g/mol. The second-order valence-electron chi connectivity index (χ2n) is 5.35. The molecule has 114 valence electrons. The first kappa shape index (κ1) is 16.7. The molecule has 20 heavy (non-hydrogen) atoms. The fraction of sp³-hybridized carbons (Fsp3) is 0.538. The third-order valence-corrected chi connectivity index (χ3v) is 4.02. The lowest BCUT2D eigenvalue weighted by molar-refractivity contribution is 0.163. The molecule has 0 aliphatic rings. The van der Waals surface area contributed by atoms with Crippen molar-refractivity contribution >= 4 is 15.7 Å². The number of para-hydroxylation sites is 2. The third-order valence-electron chi connectivity index (χ3n) is 2.73. The molecule has 6 nitrogen and oxygen atoms in total. The van der Waals surface area contributed by atoms with E-state index in [9.17, 15) is 8.42 Å². The Kier molecular flexibility index (Phi) is 5.79. The van der Waals surface area contributed by atoms with E-state index in [1.165, 1.54) is 0 Å². The molecule has 0 saturated carbocycles. The van der Waals surface area contributed by atoms with E-state index in [-0.39, 0.29) is 25.5 Å². The van der Waals surface area contributed by atoms with E-state index in [1.54, 1.807) is 38.1 Å². The highest BCUT2D eigenvalue weighted by molar-refractivity contribution is 7.89. The van der Waals surface area contributed by atoms with Gasteiger partial charge in [-0.2, -0.15) is 0 Å². The first-order valence-corrected chi connectivity index (χ1v) is 7.96. The van der Waals surface area contributed by atoms with Crippen molar-refractivity contribution < 1.29 is 18.3 Å². The van der Waals surface area contributed by atoms with Gasteiger partial charge in [0.15, 0.2) is 0 Å². The molecule has 0 aromatic heterocycles. The Morgan fingerprint density at radius 3 is 2.60 bits per heavy atom. The molecule has 0 unspecified atom stereocenters. The summed E-state index contributed by atoms with van der Waals surface area (Å²) in [4.78, 5) is 0. The molecule has 0 heterocycles. The van der Waals surface area contributed by atoms with Crippen LogP contribution in [-0.2, 0) is 10.0 Å². The van der Waals surface area contributed by atoms with Crippen LogP contribution >= 0.6 is 0 Å². The number of nitrogen functional groups attached to an aromatic ring is 1. The zero-order valence-electron chi connectivity index (χ0n) is 11.8. The molecule has 0 bridgehead atoms. The minimum Gasteiger partial charge on any atom is -0.490 e. The summed E-state index contributed by atoms with van der Waals surface area (Å²) in [6.07, 6.45) is 0. The third kappa shape index (κ3) is 5.77. The molecule has 1 rings (SSSR count). The quantitative estimate of drug-likeness (QED) is 0.610. The largest absolute Gasteiger partial charge is 0.490 e. The van der Waals surface area contributed by atoms with Gasteiger partial charge in [0.2, 0.25) is 10.0 Å². The first-order chi connectivity index (χ1) is 9.26. The van der Waals surface area contributed by atoms with Crippen LogP contribution < -0.4 is 15.2 Å². The second kappa shape index (κ2) is 6.92. The number of sulfonamides is 1. The van der Waals surface area contributed by atoms with Gasteiger partial charge in [0.05, 0.1) is 11.4 Å². The van der Waals surface area contributed by atoms with E-state index in [0.717, 1.165) is 0 Å². The molecular formula is C13H22N2O4S. The zero-order valence-corrected chi connectivity index (χ0v) is 12.6. The molecule has 0 atom stereocenters. The molecule has 7 heteroatoms. The van der Waals surface area contributed by atoms with E-state index in [2.05, 4.69) is 4.72 Å². The molecule has 4 N–H and O–H groups in total. The van der Waals surface area contributed by atoms with Crippen molar-refractivity contribution in [1.82, 2.24) is 4.72 Å². The maximum absolute atomic E-state index is 11.8. The summed E-state index contributed by atoms with van der Waals surface area (Å²) in [7, 11) is -3.43. The van der Waals surface area contributed by atoms with Crippen LogP contribution in [0, 0.1) is 5.41 Å². The van der Waals surface area contributed by atoms with Gasteiger partial charge in [0.25, 0.3) is 0 Å². The molecule has 0 saturated heterocycles. The van der Waals surface area contributed by atoms with Crippen molar-refractivity contribution in [3.8, 4) is 5.75 Å². The Bertz CT molecular complexity index is 529. The van der Waals surface area contributed by atoms with Crippen molar-refractivity contribution in [3.05, 3.63) is 24.3 Å². The van der Waals surface area contributed by atoms with Crippen LogP contribution in [0.2, 0.25) is 0 Å². The number of nitrogens with two attached hydrogens (primary N) is 1. The lowest BCUT2D eigenvalue weighted by Crippen LogP contribution is -2.38. The van der Waals surface area contributed by atoms with E-state index in [0.29, 0.717) is 11.4 Å². The van der Waals surface area contributed by atoms with E-state index in [1.807, 2.05) is 0 Å². The van der Waals surface area contributed by atoms with Crippen molar-refractivity contribution in [2.75, 3.05) is 31.2 Å². The molecule has 0 aliphatic heterocycles. The van der Waals surface area contributed by atoms with Crippen LogP contribution in [0.4, 0.5) is 5.69 Å². The van der Waals surface area contributed by atoms with E-state index < -0.39 is 15.4 Å². The van der Waals surface area contributed by atoms with Crippen LogP contribution in [0.5, 0.6) is 5.75 Å². The van der Waals surface area contributed by atoms with Gasteiger partial charge >= 0.3 is 0 Å². The molecule has 1 aromatic carbocycles. The molecule has 0 fully saturated rings. The number of anilines is 1. The molecular weight excluding hydrogens is 280 g/mol. The Morgan fingerprint density at radius 1 is 1.35 bits per heavy atom. The van der Waals surface area contributed by atoms with Crippen LogP contribution in [0.15, 0.2) is 24.3 Å². The summed E-state index contributed by atoms with van der Waals surface area (Å²) < 4.78 is 31.3. The maximum atomic E-state index is 11.8. The smallest absolute Gasteiger partial charge is 0.214 e. The monoisotopic (exact) mass is 302 g/mol. The number of ether oxygens (including phenoxy) is 1. The summed E-state index contributed by atoms with van der Waals surface area (Å²) >= 11 is 0. The van der Waals surface area contributed by atoms with Crippen molar-refractivity contribution in [2.24, 2.45) is 5.41 Å². The molecule has 0 amide bonds. The van der Waals surface area contributed by atoms with Crippen LogP contribution in [0.25, 0.3) is 0 Å². The standard InChI is InChI=1S/C13H22N2O4S/c1-13(2,10-16)9-15-20(17,18)8-7-19-12-6-4-3-5-11(12)14/h3-6,15-16H,7-10,14H2,1-2H3. The van der Waals surface area contributed by atoms with Crippen LogP contribution in [-0.4, -0.2) is 39.0 Å². The lowest BCUT2D eigenvalue weighted by Gasteiger charge is -2.21. The van der Waals surface area contributed by atoms with E-state index >= 15 is 0 Å².